The number of rotatable bonds is 6. The molecule has 0 spiro atoms. The average Bonchev–Trinajstić information content (AvgIpc) is 2.95. The molecule has 0 amide bonds. The van der Waals surface area contributed by atoms with Gasteiger partial charge in [0.2, 0.25) is 0 Å². The van der Waals surface area contributed by atoms with Gasteiger partial charge in [0.15, 0.2) is 5.82 Å². The summed E-state index contributed by atoms with van der Waals surface area (Å²) < 4.78 is 40.1. The van der Waals surface area contributed by atoms with Crippen LogP contribution in [0.25, 0.3) is 0 Å². The highest BCUT2D eigenvalue weighted by molar-refractivity contribution is 7.92. The van der Waals surface area contributed by atoms with Crippen LogP contribution in [0, 0.1) is 19.7 Å². The van der Waals surface area contributed by atoms with Gasteiger partial charge in [0.05, 0.1) is 11.4 Å². The van der Waals surface area contributed by atoms with Crippen LogP contribution in [0.3, 0.4) is 0 Å². The second-order valence-electron chi connectivity index (χ2n) is 5.65. The van der Waals surface area contributed by atoms with E-state index in [-0.39, 0.29) is 16.5 Å². The number of nitrogens with one attached hydrogen (secondary N) is 3. The van der Waals surface area contributed by atoms with Crippen LogP contribution in [0.15, 0.2) is 41.3 Å². The maximum atomic E-state index is 12.9. The normalized spacial score (nSPS) is 11.3. The number of aromatic nitrogens is 4. The molecule has 0 saturated heterocycles. The van der Waals surface area contributed by atoms with Gasteiger partial charge in [0.25, 0.3) is 10.0 Å². The van der Waals surface area contributed by atoms with Crippen LogP contribution in [0.4, 0.5) is 16.0 Å². The van der Waals surface area contributed by atoms with E-state index in [4.69, 9.17) is 0 Å². The van der Waals surface area contributed by atoms with E-state index in [0.717, 1.165) is 5.56 Å². The molecule has 3 aromatic rings. The lowest BCUT2D eigenvalue weighted by molar-refractivity contribution is 0.599. The molecule has 0 saturated carbocycles. The molecule has 0 aliphatic carbocycles. The topological polar surface area (TPSA) is 113 Å². The minimum Gasteiger partial charge on any atom is -0.365 e. The van der Waals surface area contributed by atoms with Gasteiger partial charge < -0.3 is 5.32 Å². The van der Waals surface area contributed by atoms with Crippen LogP contribution in [0.5, 0.6) is 0 Å². The van der Waals surface area contributed by atoms with Gasteiger partial charge in [0, 0.05) is 6.54 Å². The second-order valence-corrected chi connectivity index (χ2v) is 7.27. The van der Waals surface area contributed by atoms with Crippen LogP contribution < -0.4 is 10.0 Å². The first-order valence-electron chi connectivity index (χ1n) is 7.71. The summed E-state index contributed by atoms with van der Waals surface area (Å²) >= 11 is 0. The Labute approximate surface area is 149 Å². The fourth-order valence-corrected chi connectivity index (χ4v) is 3.77. The molecule has 0 aliphatic heterocycles. The molecule has 2 heterocycles. The maximum absolute atomic E-state index is 12.9. The van der Waals surface area contributed by atoms with Gasteiger partial charge in [-0.25, -0.2) is 12.8 Å². The third-order valence-electron chi connectivity index (χ3n) is 3.62. The first kappa shape index (κ1) is 17.8. The Morgan fingerprint density at radius 2 is 1.69 bits per heavy atom. The lowest BCUT2D eigenvalue weighted by atomic mass is 10.2. The molecule has 0 bridgehead atoms. The standard InChI is InChI=1S/C16H17FN6O2S/c1-10-16(11(2)20-19-10)26(24,25)23-15-8-7-14(21-22-15)18-9-12-3-5-13(17)6-4-12/h3-8H,9H2,1-2H3,(H,18,21)(H,19,20)(H,22,23). The zero-order valence-corrected chi connectivity index (χ0v) is 14.9. The Bertz CT molecular complexity index is 981. The van der Waals surface area contributed by atoms with Crippen molar-refractivity contribution in [1.29, 1.82) is 0 Å². The highest BCUT2D eigenvalue weighted by Crippen LogP contribution is 2.20. The summed E-state index contributed by atoms with van der Waals surface area (Å²) in [6, 6.07) is 9.17. The van der Waals surface area contributed by atoms with E-state index in [1.54, 1.807) is 32.0 Å². The second kappa shape index (κ2) is 7.08. The predicted molar refractivity (Wildman–Crippen MR) is 94.6 cm³/mol. The number of hydrogen-bond donors (Lipinski definition) is 3. The Morgan fingerprint density at radius 1 is 1.04 bits per heavy atom. The predicted octanol–water partition coefficient (Wildman–Crippen LogP) is 2.37. The van der Waals surface area contributed by atoms with Crippen LogP contribution in [0.1, 0.15) is 17.0 Å². The van der Waals surface area contributed by atoms with Crippen molar-refractivity contribution in [2.75, 3.05) is 10.0 Å². The summed E-state index contributed by atoms with van der Waals surface area (Å²) in [5.41, 5.74) is 1.70. The molecule has 10 heteroatoms. The van der Waals surface area contributed by atoms with Gasteiger partial charge in [0.1, 0.15) is 16.5 Å². The molecule has 0 fully saturated rings. The molecule has 0 radical (unpaired) electrons. The van der Waals surface area contributed by atoms with Gasteiger partial charge in [-0.15, -0.1) is 10.2 Å². The van der Waals surface area contributed by atoms with Crippen LogP contribution in [-0.2, 0) is 16.6 Å². The lowest BCUT2D eigenvalue weighted by Crippen LogP contribution is -2.16. The van der Waals surface area contributed by atoms with Crippen molar-refractivity contribution in [2.45, 2.75) is 25.3 Å². The fourth-order valence-electron chi connectivity index (χ4n) is 2.40. The molecule has 8 nitrogen and oxygen atoms in total. The number of halogens is 1. The van der Waals surface area contributed by atoms with Gasteiger partial charge >= 0.3 is 0 Å². The molecule has 0 atom stereocenters. The number of nitrogens with zero attached hydrogens (tertiary/aromatic N) is 3. The van der Waals surface area contributed by atoms with Gasteiger partial charge in [-0.1, -0.05) is 12.1 Å². The Kier molecular flexibility index (Phi) is 4.85. The van der Waals surface area contributed by atoms with Crippen molar-refractivity contribution >= 4 is 21.7 Å². The molecule has 0 aliphatic rings. The first-order chi connectivity index (χ1) is 12.3. The van der Waals surface area contributed by atoms with E-state index in [1.165, 1.54) is 18.2 Å². The van der Waals surface area contributed by atoms with Gasteiger partial charge in [-0.3, -0.25) is 9.82 Å². The third kappa shape index (κ3) is 3.97. The Hall–Kier alpha value is -3.01. The quantitative estimate of drug-likeness (QED) is 0.609. The van der Waals surface area contributed by atoms with Crippen molar-refractivity contribution in [2.24, 2.45) is 0 Å². The number of aryl methyl sites for hydroxylation is 2. The van der Waals surface area contributed by atoms with Crippen LogP contribution >= 0.6 is 0 Å². The van der Waals surface area contributed by atoms with E-state index < -0.39 is 10.0 Å². The molecule has 2 aromatic heterocycles. The van der Waals surface area contributed by atoms with Crippen molar-refractivity contribution in [3.8, 4) is 0 Å². The Balaban J connectivity index is 1.67. The summed E-state index contributed by atoms with van der Waals surface area (Å²) in [6.07, 6.45) is 0. The SMILES string of the molecule is Cc1n[nH]c(C)c1S(=O)(=O)Nc1ccc(NCc2ccc(F)cc2)nn1. The van der Waals surface area contributed by atoms with Crippen molar-refractivity contribution in [3.05, 3.63) is 59.2 Å². The Morgan fingerprint density at radius 3 is 2.27 bits per heavy atom. The van der Waals surface area contributed by atoms with E-state index >= 15 is 0 Å². The van der Waals surface area contributed by atoms with Crippen molar-refractivity contribution in [3.63, 3.8) is 0 Å². The summed E-state index contributed by atoms with van der Waals surface area (Å²) in [6.45, 7) is 3.67. The molecule has 136 valence electrons. The van der Waals surface area contributed by atoms with E-state index in [2.05, 4.69) is 30.4 Å². The third-order valence-corrected chi connectivity index (χ3v) is 5.24. The molecule has 26 heavy (non-hydrogen) atoms. The van der Waals surface area contributed by atoms with Gasteiger partial charge in [-0.2, -0.15) is 5.10 Å². The van der Waals surface area contributed by atoms with Crippen LogP contribution in [-0.4, -0.2) is 28.8 Å². The molecule has 0 unspecified atom stereocenters. The number of benzene rings is 1. The van der Waals surface area contributed by atoms with Crippen molar-refractivity contribution in [1.82, 2.24) is 20.4 Å². The minimum absolute atomic E-state index is 0.0948. The molecule has 1 aromatic carbocycles. The summed E-state index contributed by atoms with van der Waals surface area (Å²) in [4.78, 5) is 0.0952. The smallest absolute Gasteiger partial charge is 0.266 e. The summed E-state index contributed by atoms with van der Waals surface area (Å²) in [5.74, 6) is 0.263. The lowest BCUT2D eigenvalue weighted by Gasteiger charge is -2.08. The number of sulfonamides is 1. The largest absolute Gasteiger partial charge is 0.365 e. The number of H-pyrrole nitrogens is 1. The monoisotopic (exact) mass is 376 g/mol. The highest BCUT2D eigenvalue weighted by atomic mass is 32.2. The average molecular weight is 376 g/mol. The summed E-state index contributed by atoms with van der Waals surface area (Å²) in [7, 11) is -3.81. The number of anilines is 2. The molecular formula is C16H17FN6O2S. The summed E-state index contributed by atoms with van der Waals surface area (Å²) in [5, 5.41) is 17.3. The number of aromatic amines is 1. The molecule has 3 rings (SSSR count). The maximum Gasteiger partial charge on any atom is 0.266 e. The molecule has 3 N–H and O–H groups in total. The zero-order chi connectivity index (χ0) is 18.7. The molecular weight excluding hydrogens is 359 g/mol. The zero-order valence-electron chi connectivity index (χ0n) is 14.1. The van der Waals surface area contributed by atoms with Crippen molar-refractivity contribution < 1.29 is 12.8 Å². The van der Waals surface area contributed by atoms with E-state index in [1.807, 2.05) is 0 Å². The van der Waals surface area contributed by atoms with E-state index in [9.17, 15) is 12.8 Å². The van der Waals surface area contributed by atoms with Crippen LogP contribution in [0.2, 0.25) is 0 Å². The van der Waals surface area contributed by atoms with Gasteiger partial charge in [-0.05, 0) is 43.7 Å². The van der Waals surface area contributed by atoms with E-state index in [0.29, 0.717) is 23.8 Å². The first-order valence-corrected chi connectivity index (χ1v) is 9.20. The highest BCUT2D eigenvalue weighted by Gasteiger charge is 2.22. The number of hydrogen-bond acceptors (Lipinski definition) is 6. The minimum atomic E-state index is -3.81. The fraction of sp³-hybridized carbons (Fsp3) is 0.188.